The Bertz CT molecular complexity index is 1280. The monoisotopic (exact) mass is 491 g/mol. The Balaban J connectivity index is 1.59. The molecule has 1 fully saturated rings. The van der Waals surface area contributed by atoms with Gasteiger partial charge in [-0.15, -0.1) is 0 Å². The first kappa shape index (κ1) is 24.3. The van der Waals surface area contributed by atoms with Crippen LogP contribution in [0, 0.1) is 5.41 Å². The molecule has 0 heterocycles. The minimum atomic E-state index is -2.88. The molecular weight excluding hydrogens is 462 g/mol. The Labute approximate surface area is 206 Å². The first-order chi connectivity index (χ1) is 16.9. The Hall–Kier alpha value is -3.85. The van der Waals surface area contributed by atoms with E-state index >= 15 is 0 Å². The van der Waals surface area contributed by atoms with Gasteiger partial charge in [0.15, 0.2) is 0 Å². The van der Waals surface area contributed by atoms with Crippen molar-refractivity contribution in [1.29, 1.82) is 5.41 Å². The number of nitrogens with one attached hydrogen (secondary N) is 3. The zero-order valence-corrected chi connectivity index (χ0v) is 20.1. The van der Waals surface area contributed by atoms with Crippen molar-refractivity contribution in [3.63, 3.8) is 0 Å². The van der Waals surface area contributed by atoms with Gasteiger partial charge >= 0.3 is 6.03 Å². The van der Waals surface area contributed by atoms with Gasteiger partial charge in [0.25, 0.3) is 0 Å². The fraction of sp³-hybridized carbons (Fsp3) is 0.231. The SMILES string of the molecule is N=C(N)c1cccc(CN(C(=O)Nc2ccc(-c3ccccc3)c(N[SH](=O)=O)c2)C2CCCC2)c1. The summed E-state index contributed by atoms with van der Waals surface area (Å²) >= 11 is 0. The van der Waals surface area contributed by atoms with E-state index in [-0.39, 0.29) is 17.9 Å². The summed E-state index contributed by atoms with van der Waals surface area (Å²) in [5.74, 6) is -0.0149. The van der Waals surface area contributed by atoms with Gasteiger partial charge in [0.1, 0.15) is 5.84 Å². The van der Waals surface area contributed by atoms with Gasteiger partial charge in [-0.3, -0.25) is 10.1 Å². The van der Waals surface area contributed by atoms with E-state index in [2.05, 4.69) is 10.0 Å². The maximum absolute atomic E-state index is 13.4. The number of benzene rings is 3. The molecule has 0 radical (unpaired) electrons. The number of nitrogens with zero attached hydrogens (tertiary/aromatic N) is 1. The highest BCUT2D eigenvalue weighted by atomic mass is 32.2. The number of urea groups is 1. The van der Waals surface area contributed by atoms with Gasteiger partial charge in [-0.25, -0.2) is 13.2 Å². The molecule has 182 valence electrons. The first-order valence-corrected chi connectivity index (χ1v) is 12.7. The average Bonchev–Trinajstić information content (AvgIpc) is 3.37. The number of amides is 2. The zero-order chi connectivity index (χ0) is 24.8. The molecule has 35 heavy (non-hydrogen) atoms. The van der Waals surface area contributed by atoms with Crippen LogP contribution in [0.1, 0.15) is 36.8 Å². The summed E-state index contributed by atoms with van der Waals surface area (Å²) in [4.78, 5) is 15.2. The molecule has 1 aliphatic carbocycles. The maximum atomic E-state index is 13.4. The number of hydrogen-bond donors (Lipinski definition) is 5. The summed E-state index contributed by atoms with van der Waals surface area (Å²) in [5, 5.41) is 10.7. The fourth-order valence-corrected chi connectivity index (χ4v) is 4.88. The van der Waals surface area contributed by atoms with Crippen LogP contribution in [0.15, 0.2) is 72.8 Å². The Kier molecular flexibility index (Phi) is 7.67. The van der Waals surface area contributed by atoms with E-state index in [0.717, 1.165) is 42.4 Å². The second-order valence-corrected chi connectivity index (χ2v) is 9.34. The van der Waals surface area contributed by atoms with Gasteiger partial charge in [-0.05, 0) is 42.2 Å². The number of nitrogen functional groups attached to an aromatic ring is 1. The second-order valence-electron chi connectivity index (χ2n) is 8.61. The minimum Gasteiger partial charge on any atom is -0.384 e. The van der Waals surface area contributed by atoms with Crippen molar-refractivity contribution in [3.8, 4) is 11.1 Å². The normalized spacial score (nSPS) is 13.5. The molecule has 0 aromatic heterocycles. The number of nitrogens with two attached hydrogens (primary N) is 1. The topological polar surface area (TPSA) is 128 Å². The van der Waals surface area contributed by atoms with E-state index in [9.17, 15) is 13.2 Å². The molecule has 4 rings (SSSR count). The van der Waals surface area contributed by atoms with E-state index in [1.54, 1.807) is 24.3 Å². The van der Waals surface area contributed by atoms with Crippen LogP contribution in [0.4, 0.5) is 16.2 Å². The number of amidine groups is 1. The lowest BCUT2D eigenvalue weighted by Gasteiger charge is -2.29. The molecule has 0 saturated heterocycles. The summed E-state index contributed by atoms with van der Waals surface area (Å²) in [6.45, 7) is 0.386. The highest BCUT2D eigenvalue weighted by Crippen LogP contribution is 2.31. The zero-order valence-electron chi connectivity index (χ0n) is 19.2. The van der Waals surface area contributed by atoms with E-state index in [4.69, 9.17) is 11.1 Å². The van der Waals surface area contributed by atoms with Crippen molar-refractivity contribution < 1.29 is 13.2 Å². The fourth-order valence-electron chi connectivity index (χ4n) is 4.49. The van der Waals surface area contributed by atoms with Crippen LogP contribution >= 0.6 is 0 Å². The molecular formula is C26H29N5O3S. The van der Waals surface area contributed by atoms with Crippen LogP contribution in [-0.4, -0.2) is 31.2 Å². The third-order valence-corrected chi connectivity index (χ3v) is 6.61. The van der Waals surface area contributed by atoms with Crippen LogP contribution < -0.4 is 15.8 Å². The molecule has 1 saturated carbocycles. The molecule has 5 N–H and O–H groups in total. The molecule has 9 heteroatoms. The lowest BCUT2D eigenvalue weighted by atomic mass is 10.0. The van der Waals surface area contributed by atoms with Crippen LogP contribution in [-0.2, 0) is 17.4 Å². The highest BCUT2D eigenvalue weighted by molar-refractivity contribution is 7.73. The molecule has 0 aliphatic heterocycles. The third kappa shape index (κ3) is 6.19. The average molecular weight is 492 g/mol. The van der Waals surface area contributed by atoms with Crippen LogP contribution in [0.3, 0.4) is 0 Å². The summed E-state index contributed by atoms with van der Waals surface area (Å²) in [5.41, 5.74) is 9.63. The molecule has 1 aliphatic rings. The molecule has 3 aromatic rings. The van der Waals surface area contributed by atoms with E-state index < -0.39 is 10.9 Å². The summed E-state index contributed by atoms with van der Waals surface area (Å²) in [7, 11) is -2.88. The smallest absolute Gasteiger partial charge is 0.322 e. The Morgan fingerprint density at radius 3 is 2.43 bits per heavy atom. The predicted molar refractivity (Wildman–Crippen MR) is 140 cm³/mol. The summed E-state index contributed by atoms with van der Waals surface area (Å²) < 4.78 is 25.4. The number of hydrogen-bond acceptors (Lipinski definition) is 4. The molecule has 0 spiro atoms. The van der Waals surface area contributed by atoms with Crippen molar-refractivity contribution in [2.75, 3.05) is 10.0 Å². The highest BCUT2D eigenvalue weighted by Gasteiger charge is 2.27. The lowest BCUT2D eigenvalue weighted by molar-refractivity contribution is 0.184. The van der Waals surface area contributed by atoms with Crippen LogP contribution in [0.25, 0.3) is 11.1 Å². The van der Waals surface area contributed by atoms with E-state index in [1.807, 2.05) is 53.4 Å². The maximum Gasteiger partial charge on any atom is 0.322 e. The van der Waals surface area contributed by atoms with Crippen LogP contribution in [0.2, 0.25) is 0 Å². The van der Waals surface area contributed by atoms with Crippen molar-refractivity contribution in [2.45, 2.75) is 38.3 Å². The molecule has 0 unspecified atom stereocenters. The van der Waals surface area contributed by atoms with Gasteiger partial charge < -0.3 is 16.0 Å². The van der Waals surface area contributed by atoms with Crippen molar-refractivity contribution >= 4 is 34.1 Å². The van der Waals surface area contributed by atoms with Crippen molar-refractivity contribution in [2.24, 2.45) is 5.73 Å². The summed E-state index contributed by atoms with van der Waals surface area (Å²) in [6.07, 6.45) is 3.99. The van der Waals surface area contributed by atoms with Gasteiger partial charge in [0.05, 0.1) is 5.69 Å². The quantitative estimate of drug-likeness (QED) is 0.180. The predicted octanol–water partition coefficient (Wildman–Crippen LogP) is 4.55. The van der Waals surface area contributed by atoms with Crippen molar-refractivity contribution in [1.82, 2.24) is 4.90 Å². The van der Waals surface area contributed by atoms with Gasteiger partial charge in [-0.1, -0.05) is 67.4 Å². The number of carbonyl (C=O) groups is 1. The molecule has 8 nitrogen and oxygen atoms in total. The number of thiol groups is 1. The molecule has 0 bridgehead atoms. The van der Waals surface area contributed by atoms with E-state index in [1.165, 1.54) is 0 Å². The van der Waals surface area contributed by atoms with E-state index in [0.29, 0.717) is 23.5 Å². The second kappa shape index (κ2) is 11.1. The van der Waals surface area contributed by atoms with Gasteiger partial charge in [0.2, 0.25) is 10.9 Å². The summed E-state index contributed by atoms with van der Waals surface area (Å²) in [6, 6.07) is 21.9. The van der Waals surface area contributed by atoms with Gasteiger partial charge in [-0.2, -0.15) is 0 Å². The van der Waals surface area contributed by atoms with Gasteiger partial charge in [0, 0.05) is 29.4 Å². The Morgan fingerprint density at radius 2 is 1.74 bits per heavy atom. The Morgan fingerprint density at radius 1 is 1.00 bits per heavy atom. The molecule has 3 aromatic carbocycles. The first-order valence-electron chi connectivity index (χ1n) is 11.5. The number of carbonyl (C=O) groups excluding carboxylic acids is 1. The number of anilines is 2. The molecule has 0 atom stereocenters. The lowest BCUT2D eigenvalue weighted by Crippen LogP contribution is -2.41. The third-order valence-electron chi connectivity index (χ3n) is 6.18. The molecule has 2 amide bonds. The van der Waals surface area contributed by atoms with Crippen LogP contribution in [0.5, 0.6) is 0 Å². The van der Waals surface area contributed by atoms with Crippen molar-refractivity contribution in [3.05, 3.63) is 83.9 Å². The minimum absolute atomic E-state index is 0.0149. The largest absolute Gasteiger partial charge is 0.384 e. The standard InChI is InChI=1S/C26H29N5O3S/c27-25(28)20-10-6-7-18(15-20)17-31(22-11-4-5-12-22)26(32)29-21-13-14-23(19-8-2-1-3-9-19)24(16-21)30-35(33)34/h1-3,6-10,13-16,22,35H,4-5,11-12,17H2,(H3,27,28)(H,29,32)(H,30,33,34). The number of rotatable bonds is 8.